The van der Waals surface area contributed by atoms with Crippen molar-refractivity contribution >= 4 is 17.8 Å². The zero-order valence-corrected chi connectivity index (χ0v) is 18.5. The molecule has 0 amide bonds. The van der Waals surface area contributed by atoms with Gasteiger partial charge in [0.15, 0.2) is 0 Å². The van der Waals surface area contributed by atoms with Crippen molar-refractivity contribution in [1.82, 2.24) is 0 Å². The van der Waals surface area contributed by atoms with Gasteiger partial charge in [0.2, 0.25) is 0 Å². The zero-order valence-electron chi connectivity index (χ0n) is 18.5. The molecule has 0 unspecified atom stereocenters. The summed E-state index contributed by atoms with van der Waals surface area (Å²) >= 11 is 0. The molecular weight excluding hydrogens is 394 g/mol. The van der Waals surface area contributed by atoms with Gasteiger partial charge in [-0.15, -0.1) is 0 Å². The van der Waals surface area contributed by atoms with Gasteiger partial charge in [0.25, 0.3) is 0 Å². The fourth-order valence-electron chi connectivity index (χ4n) is 3.15. The summed E-state index contributed by atoms with van der Waals surface area (Å²) in [6.07, 6.45) is 5.62. The van der Waals surface area contributed by atoms with Crippen LogP contribution in [0.15, 0.2) is 47.8 Å². The first kappa shape index (κ1) is 22.4. The normalized spacial score (nSPS) is 13.9. The molecule has 0 heterocycles. The van der Waals surface area contributed by atoms with Crippen molar-refractivity contribution in [2.45, 2.75) is 33.3 Å². The third-order valence-electron chi connectivity index (χ3n) is 5.17. The molecule has 0 bridgehead atoms. The maximum absolute atomic E-state index is 12.2. The van der Waals surface area contributed by atoms with E-state index in [1.165, 1.54) is 33.3 Å². The van der Waals surface area contributed by atoms with Crippen molar-refractivity contribution in [3.05, 3.63) is 70.5 Å². The Bertz CT molecular complexity index is 976. The highest BCUT2D eigenvalue weighted by molar-refractivity contribution is 6.16. The molecule has 1 aliphatic carbocycles. The largest absolute Gasteiger partial charge is 0.503 e. The van der Waals surface area contributed by atoms with Gasteiger partial charge < -0.3 is 19.0 Å². The molecule has 1 saturated carbocycles. The van der Waals surface area contributed by atoms with E-state index >= 15 is 0 Å². The fraction of sp³-hybridized carbons (Fsp3) is 0.360. The van der Waals surface area contributed by atoms with Crippen molar-refractivity contribution < 1.29 is 23.8 Å². The Hall–Kier alpha value is -3.28. The first-order chi connectivity index (χ1) is 15.0. The first-order valence-electron chi connectivity index (χ1n) is 10.3. The molecule has 0 spiro atoms. The second-order valence-electron chi connectivity index (χ2n) is 7.65. The maximum atomic E-state index is 12.2. The highest BCUT2D eigenvalue weighted by Crippen LogP contribution is 2.29. The average Bonchev–Trinajstić information content (AvgIpc) is 3.60. The number of nitrogens with zero attached hydrogens (tertiary/aromatic N) is 1. The van der Waals surface area contributed by atoms with Gasteiger partial charge in [-0.3, -0.25) is 0 Å². The van der Waals surface area contributed by atoms with Crippen LogP contribution in [0, 0.1) is 19.8 Å². The van der Waals surface area contributed by atoms with Crippen LogP contribution in [-0.2, 0) is 25.7 Å². The Morgan fingerprint density at radius 2 is 1.90 bits per heavy atom. The first-order valence-corrected chi connectivity index (χ1v) is 10.3. The molecule has 0 radical (unpaired) electrons. The van der Waals surface area contributed by atoms with E-state index in [9.17, 15) is 4.79 Å². The molecule has 3 rings (SSSR count). The number of carbonyl (C=O) groups is 1. The summed E-state index contributed by atoms with van der Waals surface area (Å²) in [6, 6.07) is 11.6. The smallest absolute Gasteiger partial charge is 0.341 e. The minimum atomic E-state index is -0.464. The number of methoxy groups -OCH3 is 2. The monoisotopic (exact) mass is 423 g/mol. The predicted molar refractivity (Wildman–Crippen MR) is 120 cm³/mol. The molecule has 6 heteroatoms. The summed E-state index contributed by atoms with van der Waals surface area (Å²) < 4.78 is 16.1. The van der Waals surface area contributed by atoms with Crippen LogP contribution in [0.1, 0.15) is 40.7 Å². The van der Waals surface area contributed by atoms with Crippen molar-refractivity contribution in [2.75, 3.05) is 20.8 Å². The second kappa shape index (κ2) is 10.7. The fourth-order valence-corrected chi connectivity index (χ4v) is 3.15. The van der Waals surface area contributed by atoms with Gasteiger partial charge in [0, 0.05) is 0 Å². The van der Waals surface area contributed by atoms with Crippen molar-refractivity contribution in [3.8, 4) is 5.75 Å². The number of hydrogen-bond acceptors (Lipinski definition) is 6. The lowest BCUT2D eigenvalue weighted by Gasteiger charge is -2.15. The Morgan fingerprint density at radius 1 is 1.13 bits per heavy atom. The number of aryl methyl sites for hydroxylation is 2. The summed E-state index contributed by atoms with van der Waals surface area (Å²) in [5.41, 5.74) is 4.94. The molecule has 31 heavy (non-hydrogen) atoms. The number of carbonyl (C=O) groups excluding carboxylic acids is 1. The van der Waals surface area contributed by atoms with Gasteiger partial charge >= 0.3 is 5.97 Å². The standard InChI is InChI=1S/C25H29NO5/c1-17-12-24(18(2)11-21(17)13-26-31-14-19-9-10-19)30-15-20-7-5-6-8-22(20)23(16-28-3)25(27)29-4/h5-8,11-13,16,19H,9-10,14-15H2,1-4H3/b23-16+,26-13+. The second-order valence-corrected chi connectivity index (χ2v) is 7.65. The van der Waals surface area contributed by atoms with Crippen molar-refractivity contribution in [1.29, 1.82) is 0 Å². The van der Waals surface area contributed by atoms with Crippen LogP contribution in [0.25, 0.3) is 5.57 Å². The van der Waals surface area contributed by atoms with E-state index < -0.39 is 5.97 Å². The molecule has 1 fully saturated rings. The van der Waals surface area contributed by atoms with E-state index in [2.05, 4.69) is 5.16 Å². The van der Waals surface area contributed by atoms with Crippen molar-refractivity contribution in [2.24, 2.45) is 11.1 Å². The number of ether oxygens (including phenoxy) is 3. The van der Waals surface area contributed by atoms with E-state index in [0.29, 0.717) is 30.3 Å². The molecule has 0 atom stereocenters. The number of esters is 1. The highest BCUT2D eigenvalue weighted by Gasteiger charge is 2.21. The van der Waals surface area contributed by atoms with Crippen LogP contribution in [0.4, 0.5) is 0 Å². The molecule has 6 nitrogen and oxygen atoms in total. The van der Waals surface area contributed by atoms with E-state index in [4.69, 9.17) is 19.0 Å². The van der Waals surface area contributed by atoms with Gasteiger partial charge in [-0.25, -0.2) is 4.79 Å². The Balaban J connectivity index is 1.73. The maximum Gasteiger partial charge on any atom is 0.341 e. The molecular formula is C25H29NO5. The number of hydrogen-bond donors (Lipinski definition) is 0. The van der Waals surface area contributed by atoms with Crippen LogP contribution < -0.4 is 4.74 Å². The van der Waals surface area contributed by atoms with Gasteiger partial charge in [0.1, 0.15) is 24.5 Å². The van der Waals surface area contributed by atoms with E-state index in [-0.39, 0.29) is 0 Å². The highest BCUT2D eigenvalue weighted by atomic mass is 16.6. The molecule has 2 aromatic carbocycles. The van der Waals surface area contributed by atoms with E-state index in [0.717, 1.165) is 28.0 Å². The molecule has 2 aromatic rings. The van der Waals surface area contributed by atoms with Crippen molar-refractivity contribution in [3.63, 3.8) is 0 Å². The van der Waals surface area contributed by atoms with E-state index in [1.807, 2.05) is 50.2 Å². The van der Waals surface area contributed by atoms with Crippen LogP contribution in [0.5, 0.6) is 5.75 Å². The summed E-state index contributed by atoms with van der Waals surface area (Å²) in [6.45, 7) is 5.00. The quantitative estimate of drug-likeness (QED) is 0.180. The molecule has 0 saturated heterocycles. The van der Waals surface area contributed by atoms with Crippen LogP contribution >= 0.6 is 0 Å². The van der Waals surface area contributed by atoms with Gasteiger partial charge in [0.05, 0.1) is 26.7 Å². The van der Waals surface area contributed by atoms with Crippen LogP contribution in [0.2, 0.25) is 0 Å². The van der Waals surface area contributed by atoms with Gasteiger partial charge in [-0.2, -0.15) is 0 Å². The summed E-state index contributed by atoms with van der Waals surface area (Å²) in [7, 11) is 2.84. The SMILES string of the molecule is CO/C=C(/C(=O)OC)c1ccccc1COc1cc(C)c(/C=N/OCC2CC2)cc1C. The molecule has 0 N–H and O–H groups in total. The third-order valence-corrected chi connectivity index (χ3v) is 5.17. The zero-order chi connectivity index (χ0) is 22.2. The number of benzene rings is 2. The van der Waals surface area contributed by atoms with Gasteiger partial charge in [-0.1, -0.05) is 29.4 Å². The molecule has 0 aromatic heterocycles. The van der Waals surface area contributed by atoms with Crippen LogP contribution in [-0.4, -0.2) is 33.0 Å². The predicted octanol–water partition coefficient (Wildman–Crippen LogP) is 4.80. The van der Waals surface area contributed by atoms with Crippen LogP contribution in [0.3, 0.4) is 0 Å². The Labute approximate surface area is 183 Å². The van der Waals surface area contributed by atoms with E-state index in [1.54, 1.807) is 6.21 Å². The molecule has 164 valence electrons. The average molecular weight is 424 g/mol. The number of oxime groups is 1. The lowest BCUT2D eigenvalue weighted by molar-refractivity contribution is -0.133. The summed E-state index contributed by atoms with van der Waals surface area (Å²) in [5.74, 6) is 0.990. The molecule has 1 aliphatic rings. The lowest BCUT2D eigenvalue weighted by Crippen LogP contribution is -2.08. The lowest BCUT2D eigenvalue weighted by atomic mass is 10.0. The summed E-state index contributed by atoms with van der Waals surface area (Å²) in [5, 5.41) is 4.09. The molecule has 0 aliphatic heterocycles. The third kappa shape index (κ3) is 6.10. The minimum Gasteiger partial charge on any atom is -0.503 e. The number of rotatable bonds is 10. The minimum absolute atomic E-state index is 0.298. The Morgan fingerprint density at radius 3 is 2.61 bits per heavy atom. The van der Waals surface area contributed by atoms with Gasteiger partial charge in [-0.05, 0) is 72.6 Å². The summed E-state index contributed by atoms with van der Waals surface area (Å²) in [4.78, 5) is 17.5. The Kier molecular flexibility index (Phi) is 7.70. The topological polar surface area (TPSA) is 66.4 Å².